The first kappa shape index (κ1) is 19.1. The fourth-order valence-corrected chi connectivity index (χ4v) is 3.35. The van der Waals surface area contributed by atoms with E-state index in [1.807, 2.05) is 67.6 Å². The van der Waals surface area contributed by atoms with Crippen LogP contribution >= 0.6 is 0 Å². The Morgan fingerprint density at radius 1 is 1.22 bits per heavy atom. The molecule has 0 spiro atoms. The fraction of sp³-hybridized carbons (Fsp3) is 0.450. The standard InChI is InChI=1S/C20H27N5O2/c1-5-21-20(27)16-11-24(12-16)15(4)19(26)22-18-13(2)23-25(14(18)3)17-9-7-6-8-10-17/h6-10,15-16H,5,11-12H2,1-4H3,(H,21,27)(H,22,26)/t15-/m1/s1. The Morgan fingerprint density at radius 3 is 2.52 bits per heavy atom. The molecule has 0 radical (unpaired) electrons. The van der Waals surface area contributed by atoms with E-state index in [0.717, 1.165) is 22.8 Å². The van der Waals surface area contributed by atoms with Gasteiger partial charge in [-0.2, -0.15) is 5.10 Å². The fourth-order valence-electron chi connectivity index (χ4n) is 3.35. The highest BCUT2D eigenvalue weighted by Crippen LogP contribution is 2.24. The van der Waals surface area contributed by atoms with Crippen molar-refractivity contribution in [1.82, 2.24) is 20.0 Å². The van der Waals surface area contributed by atoms with Crippen LogP contribution in [0.3, 0.4) is 0 Å². The zero-order valence-electron chi connectivity index (χ0n) is 16.3. The van der Waals surface area contributed by atoms with Crippen molar-refractivity contribution in [3.63, 3.8) is 0 Å². The second-order valence-corrected chi connectivity index (χ2v) is 7.00. The molecule has 1 aliphatic heterocycles. The summed E-state index contributed by atoms with van der Waals surface area (Å²) in [5, 5.41) is 10.4. The second-order valence-electron chi connectivity index (χ2n) is 7.00. The van der Waals surface area contributed by atoms with Crippen LogP contribution in [0.2, 0.25) is 0 Å². The Balaban J connectivity index is 1.65. The number of rotatable bonds is 6. The summed E-state index contributed by atoms with van der Waals surface area (Å²) in [4.78, 5) is 26.6. The first-order chi connectivity index (χ1) is 12.9. The lowest BCUT2D eigenvalue weighted by Gasteiger charge is -2.41. The maximum atomic E-state index is 12.7. The van der Waals surface area contributed by atoms with Crippen LogP contribution in [0.1, 0.15) is 25.2 Å². The number of carbonyl (C=O) groups is 2. The van der Waals surface area contributed by atoms with E-state index in [0.29, 0.717) is 19.6 Å². The van der Waals surface area contributed by atoms with Crippen molar-refractivity contribution in [2.45, 2.75) is 33.7 Å². The largest absolute Gasteiger partial charge is 0.356 e. The topological polar surface area (TPSA) is 79.3 Å². The minimum absolute atomic E-state index is 0.0236. The Hall–Kier alpha value is -2.67. The van der Waals surface area contributed by atoms with Gasteiger partial charge in [-0.3, -0.25) is 14.5 Å². The summed E-state index contributed by atoms with van der Waals surface area (Å²) in [6.07, 6.45) is 0. The molecule has 7 nitrogen and oxygen atoms in total. The number of aryl methyl sites for hydroxylation is 1. The molecule has 1 aromatic heterocycles. The van der Waals surface area contributed by atoms with Crippen molar-refractivity contribution < 1.29 is 9.59 Å². The Kier molecular flexibility index (Phi) is 5.60. The number of amides is 2. The van der Waals surface area contributed by atoms with Gasteiger partial charge in [0.1, 0.15) is 0 Å². The highest BCUT2D eigenvalue weighted by molar-refractivity contribution is 5.96. The number of carbonyl (C=O) groups excluding carboxylic acids is 2. The monoisotopic (exact) mass is 369 g/mol. The van der Waals surface area contributed by atoms with Gasteiger partial charge in [0.05, 0.1) is 34.7 Å². The molecule has 0 bridgehead atoms. The first-order valence-corrected chi connectivity index (χ1v) is 9.36. The molecule has 2 N–H and O–H groups in total. The number of benzene rings is 1. The number of hydrogen-bond acceptors (Lipinski definition) is 4. The summed E-state index contributed by atoms with van der Waals surface area (Å²) in [6, 6.07) is 9.54. The van der Waals surface area contributed by atoms with Crippen LogP contribution in [0.4, 0.5) is 5.69 Å². The number of aromatic nitrogens is 2. The van der Waals surface area contributed by atoms with Crippen LogP contribution in [0.15, 0.2) is 30.3 Å². The highest BCUT2D eigenvalue weighted by atomic mass is 16.2. The average molecular weight is 369 g/mol. The smallest absolute Gasteiger partial charge is 0.241 e. The normalized spacial score (nSPS) is 15.9. The molecule has 2 aromatic rings. The molecule has 1 fully saturated rings. The average Bonchev–Trinajstić information content (AvgIpc) is 2.89. The summed E-state index contributed by atoms with van der Waals surface area (Å²) in [5.74, 6) is -0.0372. The molecule has 1 aromatic carbocycles. The Morgan fingerprint density at radius 2 is 1.89 bits per heavy atom. The Labute approximate surface area is 159 Å². The van der Waals surface area contributed by atoms with Crippen molar-refractivity contribution in [1.29, 1.82) is 0 Å². The summed E-state index contributed by atoms with van der Waals surface area (Å²) in [5.41, 5.74) is 3.37. The number of nitrogens with one attached hydrogen (secondary N) is 2. The minimum atomic E-state index is -0.297. The van der Waals surface area contributed by atoms with E-state index in [1.165, 1.54) is 0 Å². The van der Waals surface area contributed by atoms with Crippen molar-refractivity contribution in [2.24, 2.45) is 5.92 Å². The first-order valence-electron chi connectivity index (χ1n) is 9.36. The summed E-state index contributed by atoms with van der Waals surface area (Å²) in [7, 11) is 0. The minimum Gasteiger partial charge on any atom is -0.356 e. The van der Waals surface area contributed by atoms with E-state index < -0.39 is 0 Å². The molecule has 3 rings (SSSR count). The maximum absolute atomic E-state index is 12.7. The van der Waals surface area contributed by atoms with E-state index in [2.05, 4.69) is 15.7 Å². The zero-order valence-corrected chi connectivity index (χ0v) is 16.3. The SMILES string of the molecule is CCNC(=O)C1CN([C@H](C)C(=O)Nc2c(C)nn(-c3ccccc3)c2C)C1. The van der Waals surface area contributed by atoms with Crippen LogP contribution in [0, 0.1) is 19.8 Å². The molecule has 1 saturated heterocycles. The second kappa shape index (κ2) is 7.92. The summed E-state index contributed by atoms with van der Waals surface area (Å²) < 4.78 is 1.84. The molecule has 7 heteroatoms. The van der Waals surface area contributed by atoms with Crippen LogP contribution in [-0.2, 0) is 9.59 Å². The third-order valence-electron chi connectivity index (χ3n) is 5.10. The Bertz CT molecular complexity index is 824. The van der Waals surface area contributed by atoms with Gasteiger partial charge < -0.3 is 10.6 Å². The highest BCUT2D eigenvalue weighted by Gasteiger charge is 2.37. The van der Waals surface area contributed by atoms with Gasteiger partial charge in [-0.1, -0.05) is 18.2 Å². The van der Waals surface area contributed by atoms with E-state index in [9.17, 15) is 9.59 Å². The molecule has 144 valence electrons. The molecule has 0 saturated carbocycles. The number of anilines is 1. The molecule has 0 unspecified atom stereocenters. The zero-order chi connectivity index (χ0) is 19.6. The predicted octanol–water partition coefficient (Wildman–Crippen LogP) is 1.88. The van der Waals surface area contributed by atoms with Gasteiger partial charge in [0, 0.05) is 19.6 Å². The van der Waals surface area contributed by atoms with E-state index in [1.54, 1.807) is 0 Å². The van der Waals surface area contributed by atoms with Gasteiger partial charge in [0.2, 0.25) is 11.8 Å². The van der Waals surface area contributed by atoms with Gasteiger partial charge in [0.25, 0.3) is 0 Å². The van der Waals surface area contributed by atoms with Crippen molar-refractivity contribution in [2.75, 3.05) is 25.0 Å². The van der Waals surface area contributed by atoms with Gasteiger partial charge in [-0.25, -0.2) is 4.68 Å². The van der Waals surface area contributed by atoms with Gasteiger partial charge in [-0.15, -0.1) is 0 Å². The molecular weight excluding hydrogens is 342 g/mol. The number of hydrogen-bond donors (Lipinski definition) is 2. The van der Waals surface area contributed by atoms with Crippen LogP contribution in [-0.4, -0.2) is 52.2 Å². The third kappa shape index (κ3) is 3.88. The number of para-hydroxylation sites is 1. The van der Waals surface area contributed by atoms with E-state index in [4.69, 9.17) is 0 Å². The van der Waals surface area contributed by atoms with Crippen LogP contribution in [0.25, 0.3) is 5.69 Å². The lowest BCUT2D eigenvalue weighted by molar-refractivity contribution is -0.135. The van der Waals surface area contributed by atoms with Gasteiger partial charge in [0.15, 0.2) is 0 Å². The van der Waals surface area contributed by atoms with E-state index >= 15 is 0 Å². The lowest BCUT2D eigenvalue weighted by atomic mass is 9.96. The molecule has 0 aliphatic carbocycles. The van der Waals surface area contributed by atoms with Crippen molar-refractivity contribution >= 4 is 17.5 Å². The molecule has 2 heterocycles. The lowest BCUT2D eigenvalue weighted by Crippen LogP contribution is -2.59. The van der Waals surface area contributed by atoms with Gasteiger partial charge >= 0.3 is 0 Å². The van der Waals surface area contributed by atoms with E-state index in [-0.39, 0.29) is 23.8 Å². The van der Waals surface area contributed by atoms with Crippen molar-refractivity contribution in [3.05, 3.63) is 41.7 Å². The number of likely N-dealkylation sites (tertiary alicyclic amines) is 1. The molecule has 1 atom stereocenters. The maximum Gasteiger partial charge on any atom is 0.241 e. The summed E-state index contributed by atoms with van der Waals surface area (Å²) >= 11 is 0. The molecular formula is C20H27N5O2. The molecule has 27 heavy (non-hydrogen) atoms. The molecule has 2 amide bonds. The van der Waals surface area contributed by atoms with Crippen LogP contribution in [0.5, 0.6) is 0 Å². The quantitative estimate of drug-likeness (QED) is 0.815. The van der Waals surface area contributed by atoms with Gasteiger partial charge in [-0.05, 0) is 39.8 Å². The molecule has 1 aliphatic rings. The predicted molar refractivity (Wildman–Crippen MR) is 105 cm³/mol. The third-order valence-corrected chi connectivity index (χ3v) is 5.10. The van der Waals surface area contributed by atoms with Crippen molar-refractivity contribution in [3.8, 4) is 5.69 Å². The number of nitrogens with zero attached hydrogens (tertiary/aromatic N) is 3. The summed E-state index contributed by atoms with van der Waals surface area (Å²) in [6.45, 7) is 9.47. The van der Waals surface area contributed by atoms with Crippen LogP contribution < -0.4 is 10.6 Å².